The fourth-order valence-corrected chi connectivity index (χ4v) is 1.51. The van der Waals surface area contributed by atoms with Gasteiger partial charge >= 0.3 is 0 Å². The average molecular weight is 168 g/mol. The van der Waals surface area contributed by atoms with Crippen molar-refractivity contribution in [3.05, 3.63) is 0 Å². The fourth-order valence-electron chi connectivity index (χ4n) is 1.51. The van der Waals surface area contributed by atoms with E-state index in [1.165, 1.54) is 0 Å². The molecule has 3 nitrogen and oxygen atoms in total. The molecule has 1 saturated heterocycles. The number of aliphatic imine (C=N–C) groups is 1. The van der Waals surface area contributed by atoms with Gasteiger partial charge < -0.3 is 4.90 Å². The molecule has 1 heterocycles. The number of carbonyl (C=O) groups is 1. The van der Waals surface area contributed by atoms with Gasteiger partial charge in [-0.15, -0.1) is 0 Å². The highest BCUT2D eigenvalue weighted by molar-refractivity contribution is 6.41. The standard InChI is InChI=1S/C9H16N2O/c1-5-10-8-6(2)7(3)11(4)9(8)12/h6-7H,5H2,1-4H3/b10-8-. The molecule has 0 radical (unpaired) electrons. The van der Waals surface area contributed by atoms with Gasteiger partial charge in [0.05, 0.1) is 0 Å². The second-order valence-corrected chi connectivity index (χ2v) is 3.30. The van der Waals surface area contributed by atoms with E-state index in [1.54, 1.807) is 4.90 Å². The Morgan fingerprint density at radius 2 is 2.08 bits per heavy atom. The summed E-state index contributed by atoms with van der Waals surface area (Å²) in [5.41, 5.74) is 0.743. The summed E-state index contributed by atoms with van der Waals surface area (Å²) in [6.07, 6.45) is 0. The van der Waals surface area contributed by atoms with Crippen LogP contribution >= 0.6 is 0 Å². The molecule has 0 aromatic rings. The molecule has 0 aromatic carbocycles. The van der Waals surface area contributed by atoms with E-state index in [9.17, 15) is 4.79 Å². The van der Waals surface area contributed by atoms with Crippen LogP contribution < -0.4 is 0 Å². The van der Waals surface area contributed by atoms with E-state index in [1.807, 2.05) is 14.0 Å². The van der Waals surface area contributed by atoms with E-state index in [0.717, 1.165) is 5.71 Å². The Hall–Kier alpha value is -0.860. The molecular weight excluding hydrogens is 152 g/mol. The zero-order valence-corrected chi connectivity index (χ0v) is 8.16. The predicted molar refractivity (Wildman–Crippen MR) is 49.4 cm³/mol. The molecule has 0 spiro atoms. The summed E-state index contributed by atoms with van der Waals surface area (Å²) in [4.78, 5) is 17.5. The highest BCUT2D eigenvalue weighted by Crippen LogP contribution is 2.20. The molecule has 0 aromatic heterocycles. The number of carbonyl (C=O) groups excluding carboxylic acids is 1. The number of nitrogens with zero attached hydrogens (tertiary/aromatic N) is 2. The van der Waals surface area contributed by atoms with E-state index in [0.29, 0.717) is 12.6 Å². The zero-order chi connectivity index (χ0) is 9.30. The smallest absolute Gasteiger partial charge is 0.268 e. The van der Waals surface area contributed by atoms with Gasteiger partial charge in [0.25, 0.3) is 5.91 Å². The van der Waals surface area contributed by atoms with Gasteiger partial charge in [-0.05, 0) is 13.8 Å². The summed E-state index contributed by atoms with van der Waals surface area (Å²) in [7, 11) is 1.84. The Bertz CT molecular complexity index is 223. The highest BCUT2D eigenvalue weighted by Gasteiger charge is 2.37. The first-order valence-corrected chi connectivity index (χ1v) is 4.41. The van der Waals surface area contributed by atoms with Crippen molar-refractivity contribution in [2.45, 2.75) is 26.8 Å². The van der Waals surface area contributed by atoms with Gasteiger partial charge in [0.1, 0.15) is 5.71 Å². The molecule has 2 unspecified atom stereocenters. The molecule has 0 aliphatic carbocycles. The Morgan fingerprint density at radius 1 is 1.50 bits per heavy atom. The van der Waals surface area contributed by atoms with Gasteiger partial charge in [-0.3, -0.25) is 9.79 Å². The van der Waals surface area contributed by atoms with Crippen LogP contribution in [-0.4, -0.2) is 36.2 Å². The normalized spacial score (nSPS) is 33.5. The van der Waals surface area contributed by atoms with Crippen LogP contribution in [0.3, 0.4) is 0 Å². The van der Waals surface area contributed by atoms with E-state index < -0.39 is 0 Å². The molecule has 1 aliphatic heterocycles. The van der Waals surface area contributed by atoms with Crippen molar-refractivity contribution >= 4 is 11.6 Å². The van der Waals surface area contributed by atoms with Crippen LogP contribution in [-0.2, 0) is 4.79 Å². The van der Waals surface area contributed by atoms with Gasteiger partial charge in [-0.1, -0.05) is 6.92 Å². The van der Waals surface area contributed by atoms with Gasteiger partial charge in [0, 0.05) is 25.6 Å². The van der Waals surface area contributed by atoms with Crippen molar-refractivity contribution in [2.24, 2.45) is 10.9 Å². The minimum Gasteiger partial charge on any atom is -0.337 e. The first kappa shape index (κ1) is 9.23. The van der Waals surface area contributed by atoms with Crippen LogP contribution in [0.5, 0.6) is 0 Å². The van der Waals surface area contributed by atoms with Crippen LogP contribution in [0.15, 0.2) is 4.99 Å². The molecular formula is C9H16N2O. The lowest BCUT2D eigenvalue weighted by Gasteiger charge is -2.15. The van der Waals surface area contributed by atoms with Crippen molar-refractivity contribution in [3.8, 4) is 0 Å². The summed E-state index contributed by atoms with van der Waals surface area (Å²) in [6.45, 7) is 6.77. The molecule has 2 atom stereocenters. The third kappa shape index (κ3) is 1.24. The summed E-state index contributed by atoms with van der Waals surface area (Å²) >= 11 is 0. The number of likely N-dealkylation sites (tertiary alicyclic amines) is 1. The lowest BCUT2D eigenvalue weighted by atomic mass is 10.0. The summed E-state index contributed by atoms with van der Waals surface area (Å²) in [5, 5.41) is 0. The number of hydrogen-bond acceptors (Lipinski definition) is 2. The Morgan fingerprint density at radius 3 is 2.42 bits per heavy atom. The predicted octanol–water partition coefficient (Wildman–Crippen LogP) is 0.944. The van der Waals surface area contributed by atoms with Crippen LogP contribution in [0.2, 0.25) is 0 Å². The molecule has 68 valence electrons. The van der Waals surface area contributed by atoms with Gasteiger partial charge in [0.15, 0.2) is 0 Å². The van der Waals surface area contributed by atoms with Crippen LogP contribution in [0.25, 0.3) is 0 Å². The largest absolute Gasteiger partial charge is 0.337 e. The van der Waals surface area contributed by atoms with Gasteiger partial charge in [0.2, 0.25) is 0 Å². The molecule has 12 heavy (non-hydrogen) atoms. The number of amides is 1. The van der Waals surface area contributed by atoms with Crippen LogP contribution in [0.1, 0.15) is 20.8 Å². The lowest BCUT2D eigenvalue weighted by Crippen LogP contribution is -2.28. The Labute approximate surface area is 73.5 Å². The minimum atomic E-state index is 0.0943. The SMILES string of the molecule is CC/N=C1\C(=O)N(C)C(C)C1C. The van der Waals surface area contributed by atoms with Crippen molar-refractivity contribution in [3.63, 3.8) is 0 Å². The molecule has 0 saturated carbocycles. The van der Waals surface area contributed by atoms with Crippen molar-refractivity contribution < 1.29 is 4.79 Å². The topological polar surface area (TPSA) is 32.7 Å². The molecule has 3 heteroatoms. The Kier molecular flexibility index (Phi) is 2.50. The average Bonchev–Trinajstić information content (AvgIpc) is 2.23. The molecule has 1 amide bonds. The van der Waals surface area contributed by atoms with Crippen LogP contribution in [0.4, 0.5) is 0 Å². The third-order valence-corrected chi connectivity index (χ3v) is 2.63. The second-order valence-electron chi connectivity index (χ2n) is 3.30. The van der Waals surface area contributed by atoms with E-state index in [4.69, 9.17) is 0 Å². The molecule has 0 N–H and O–H groups in total. The maximum atomic E-state index is 11.5. The third-order valence-electron chi connectivity index (χ3n) is 2.63. The molecule has 1 aliphatic rings. The van der Waals surface area contributed by atoms with E-state index in [2.05, 4.69) is 18.8 Å². The van der Waals surface area contributed by atoms with Crippen molar-refractivity contribution in [1.82, 2.24) is 4.90 Å². The maximum Gasteiger partial charge on any atom is 0.268 e. The van der Waals surface area contributed by atoms with Crippen molar-refractivity contribution in [1.29, 1.82) is 0 Å². The summed E-state index contributed by atoms with van der Waals surface area (Å²) < 4.78 is 0. The summed E-state index contributed by atoms with van der Waals surface area (Å²) in [5.74, 6) is 0.374. The van der Waals surface area contributed by atoms with E-state index >= 15 is 0 Å². The van der Waals surface area contributed by atoms with E-state index in [-0.39, 0.29) is 11.8 Å². The zero-order valence-electron chi connectivity index (χ0n) is 8.16. The first-order valence-electron chi connectivity index (χ1n) is 4.41. The number of rotatable bonds is 1. The second kappa shape index (κ2) is 3.25. The Balaban J connectivity index is 2.91. The van der Waals surface area contributed by atoms with Gasteiger partial charge in [-0.25, -0.2) is 0 Å². The monoisotopic (exact) mass is 168 g/mol. The molecule has 0 bridgehead atoms. The van der Waals surface area contributed by atoms with Gasteiger partial charge in [-0.2, -0.15) is 0 Å². The van der Waals surface area contributed by atoms with Crippen LogP contribution in [0, 0.1) is 5.92 Å². The molecule has 1 fully saturated rings. The minimum absolute atomic E-state index is 0.0943. The maximum absolute atomic E-state index is 11.5. The van der Waals surface area contributed by atoms with Crippen molar-refractivity contribution in [2.75, 3.05) is 13.6 Å². The highest BCUT2D eigenvalue weighted by atomic mass is 16.2. The fraction of sp³-hybridized carbons (Fsp3) is 0.778. The number of hydrogen-bond donors (Lipinski definition) is 0. The summed E-state index contributed by atoms with van der Waals surface area (Å²) in [6, 6.07) is 0.294. The quantitative estimate of drug-likeness (QED) is 0.573. The molecule has 1 rings (SSSR count). The lowest BCUT2D eigenvalue weighted by molar-refractivity contribution is -0.122. The first-order chi connectivity index (χ1) is 5.59.